The Morgan fingerprint density at radius 2 is 1.71 bits per heavy atom. The van der Waals surface area contributed by atoms with E-state index < -0.39 is 18.2 Å². The molecule has 1 aliphatic rings. The van der Waals surface area contributed by atoms with Crippen LogP contribution in [0.3, 0.4) is 0 Å². The van der Waals surface area contributed by atoms with Crippen molar-refractivity contribution >= 4 is 17.6 Å². The van der Waals surface area contributed by atoms with Crippen LogP contribution in [0, 0.1) is 6.92 Å². The summed E-state index contributed by atoms with van der Waals surface area (Å²) >= 11 is 0. The van der Waals surface area contributed by atoms with Gasteiger partial charge in [-0.3, -0.25) is 4.79 Å². The minimum atomic E-state index is -1.03. The van der Waals surface area contributed by atoms with Crippen molar-refractivity contribution in [2.75, 3.05) is 11.9 Å². The maximum absolute atomic E-state index is 13.5. The molecule has 2 N–H and O–H groups in total. The molecule has 0 fully saturated rings. The number of benzene rings is 3. The van der Waals surface area contributed by atoms with Gasteiger partial charge in [0, 0.05) is 12.2 Å². The van der Waals surface area contributed by atoms with Crippen LogP contribution >= 0.6 is 0 Å². The highest BCUT2D eigenvalue weighted by Gasteiger charge is 2.42. The number of rotatable bonds is 6. The fraction of sp³-hybridized carbons (Fsp3) is 0.200. The van der Waals surface area contributed by atoms with Crippen molar-refractivity contribution in [3.8, 4) is 5.75 Å². The highest BCUT2D eigenvalue weighted by Crippen LogP contribution is 2.39. The van der Waals surface area contributed by atoms with E-state index in [1.54, 1.807) is 12.1 Å². The normalized spacial score (nSPS) is 17.6. The lowest BCUT2D eigenvalue weighted by Gasteiger charge is -2.47. The Balaban J connectivity index is 1.71. The van der Waals surface area contributed by atoms with Gasteiger partial charge in [-0.2, -0.15) is 0 Å². The van der Waals surface area contributed by atoms with Crippen LogP contribution in [-0.4, -0.2) is 28.5 Å². The van der Waals surface area contributed by atoms with Crippen LogP contribution in [0.2, 0.25) is 0 Å². The molecule has 0 radical (unpaired) electrons. The molecular weight excluding hydrogens is 392 g/mol. The minimum absolute atomic E-state index is 0.0522. The predicted octanol–water partition coefficient (Wildman–Crippen LogP) is 4.40. The van der Waals surface area contributed by atoms with Gasteiger partial charge in [-0.05, 0) is 49.2 Å². The summed E-state index contributed by atoms with van der Waals surface area (Å²) in [6.07, 6.45) is 0. The molecule has 4 rings (SSSR count). The Morgan fingerprint density at radius 1 is 1.03 bits per heavy atom. The third-order valence-corrected chi connectivity index (χ3v) is 5.56. The summed E-state index contributed by atoms with van der Waals surface area (Å²) in [4.78, 5) is 26.1. The molecule has 0 saturated heterocycles. The van der Waals surface area contributed by atoms with Gasteiger partial charge < -0.3 is 20.1 Å². The zero-order chi connectivity index (χ0) is 22.0. The van der Waals surface area contributed by atoms with E-state index in [1.165, 1.54) is 0 Å². The molecule has 31 heavy (non-hydrogen) atoms. The summed E-state index contributed by atoms with van der Waals surface area (Å²) in [5, 5.41) is 12.4. The molecule has 6 heteroatoms. The van der Waals surface area contributed by atoms with Gasteiger partial charge in [-0.25, -0.2) is 4.79 Å². The Hall–Kier alpha value is -3.80. The Bertz CT molecular complexity index is 1110. The average molecular weight is 416 g/mol. The number of aliphatic carboxylic acids is 1. The minimum Gasteiger partial charge on any atom is -0.482 e. The number of nitrogens with zero attached hydrogens (tertiary/aromatic N) is 1. The molecule has 1 unspecified atom stereocenters. The molecule has 1 amide bonds. The number of anilines is 1. The summed E-state index contributed by atoms with van der Waals surface area (Å²) in [5.74, 6) is -0.623. The largest absolute Gasteiger partial charge is 0.482 e. The van der Waals surface area contributed by atoms with Gasteiger partial charge in [-0.1, -0.05) is 54.1 Å². The first kappa shape index (κ1) is 20.5. The fourth-order valence-corrected chi connectivity index (χ4v) is 3.81. The molecule has 1 heterocycles. The van der Waals surface area contributed by atoms with Crippen molar-refractivity contribution in [1.29, 1.82) is 0 Å². The Morgan fingerprint density at radius 3 is 2.39 bits per heavy atom. The van der Waals surface area contributed by atoms with Gasteiger partial charge in [0.15, 0.2) is 6.61 Å². The zero-order valence-electron chi connectivity index (χ0n) is 17.5. The maximum Gasteiger partial charge on any atom is 0.341 e. The molecule has 0 saturated carbocycles. The number of ether oxygens (including phenoxy) is 1. The Kier molecular flexibility index (Phi) is 5.38. The summed E-state index contributed by atoms with van der Waals surface area (Å²) in [7, 11) is 0. The van der Waals surface area contributed by atoms with Crippen molar-refractivity contribution in [3.05, 3.63) is 95.1 Å². The van der Waals surface area contributed by atoms with Crippen LogP contribution in [0.25, 0.3) is 0 Å². The van der Waals surface area contributed by atoms with E-state index in [9.17, 15) is 9.59 Å². The van der Waals surface area contributed by atoms with E-state index in [1.807, 2.05) is 79.4 Å². The number of fused-ring (bicyclic) bond motifs is 1. The lowest BCUT2D eigenvalue weighted by Crippen LogP contribution is -2.55. The number of nitrogens with one attached hydrogen (secondary N) is 1. The first-order chi connectivity index (χ1) is 14.9. The summed E-state index contributed by atoms with van der Waals surface area (Å²) in [5.41, 5.74) is 3.67. The van der Waals surface area contributed by atoms with Crippen molar-refractivity contribution in [1.82, 2.24) is 4.90 Å². The highest BCUT2D eigenvalue weighted by atomic mass is 16.5. The molecule has 1 atom stereocenters. The number of amides is 1. The lowest BCUT2D eigenvalue weighted by molar-refractivity contribution is -0.139. The van der Waals surface area contributed by atoms with Crippen LogP contribution in [0.5, 0.6) is 5.75 Å². The van der Waals surface area contributed by atoms with Crippen LogP contribution in [0.4, 0.5) is 5.69 Å². The first-order valence-electron chi connectivity index (χ1n) is 10.1. The number of hydrogen-bond donors (Lipinski definition) is 2. The van der Waals surface area contributed by atoms with E-state index in [4.69, 9.17) is 9.84 Å². The monoisotopic (exact) mass is 416 g/mol. The van der Waals surface area contributed by atoms with Gasteiger partial charge >= 0.3 is 5.97 Å². The number of aryl methyl sites for hydroxylation is 1. The van der Waals surface area contributed by atoms with Gasteiger partial charge in [0.1, 0.15) is 11.4 Å². The maximum atomic E-state index is 13.5. The van der Waals surface area contributed by atoms with Gasteiger partial charge in [0.05, 0.1) is 5.56 Å². The second-order valence-electron chi connectivity index (χ2n) is 7.83. The van der Waals surface area contributed by atoms with Gasteiger partial charge in [0.2, 0.25) is 0 Å². The Labute approximate surface area is 181 Å². The van der Waals surface area contributed by atoms with Crippen LogP contribution in [0.15, 0.2) is 72.8 Å². The number of carboxylic acids is 1. The smallest absolute Gasteiger partial charge is 0.341 e. The van der Waals surface area contributed by atoms with Crippen molar-refractivity contribution in [3.63, 3.8) is 0 Å². The van der Waals surface area contributed by atoms with Crippen LogP contribution in [0.1, 0.15) is 34.0 Å². The summed E-state index contributed by atoms with van der Waals surface area (Å²) in [6, 6.07) is 22.8. The van der Waals surface area contributed by atoms with E-state index in [0.717, 1.165) is 22.4 Å². The molecule has 0 spiro atoms. The molecule has 3 aromatic rings. The first-order valence-corrected chi connectivity index (χ1v) is 10.1. The molecule has 3 aromatic carbocycles. The third-order valence-electron chi connectivity index (χ3n) is 5.56. The molecule has 1 aliphatic heterocycles. The van der Waals surface area contributed by atoms with E-state index in [2.05, 4.69) is 5.32 Å². The topological polar surface area (TPSA) is 78.9 Å². The second-order valence-corrected chi connectivity index (χ2v) is 7.83. The lowest BCUT2D eigenvalue weighted by atomic mass is 9.92. The molecular formula is C25H24N2O4. The standard InChI is InChI=1S/C25H24N2O4/c1-17-7-9-18(10-8-17)15-27-24(30)21-5-3-4-6-22(21)26-25(27,2)19-11-13-20(14-12-19)31-16-23(28)29/h3-14,26H,15-16H2,1-2H3,(H,28,29). The molecule has 0 bridgehead atoms. The zero-order valence-corrected chi connectivity index (χ0v) is 17.5. The number of carboxylic acid groups (broad SMARTS) is 1. The highest BCUT2D eigenvalue weighted by molar-refractivity contribution is 6.02. The van der Waals surface area contributed by atoms with Crippen LogP contribution in [-0.2, 0) is 17.0 Å². The molecule has 0 aromatic heterocycles. The second kappa shape index (κ2) is 8.14. The summed E-state index contributed by atoms with van der Waals surface area (Å²) < 4.78 is 5.25. The van der Waals surface area contributed by atoms with Crippen molar-refractivity contribution in [2.45, 2.75) is 26.1 Å². The summed E-state index contributed by atoms with van der Waals surface area (Å²) in [6.45, 7) is 4.04. The number of hydrogen-bond acceptors (Lipinski definition) is 4. The fourth-order valence-electron chi connectivity index (χ4n) is 3.81. The number of carbonyl (C=O) groups excluding carboxylic acids is 1. The quantitative estimate of drug-likeness (QED) is 0.623. The van der Waals surface area contributed by atoms with E-state index in [-0.39, 0.29) is 5.91 Å². The van der Waals surface area contributed by atoms with Crippen molar-refractivity contribution < 1.29 is 19.4 Å². The van der Waals surface area contributed by atoms with Gasteiger partial charge in [-0.15, -0.1) is 0 Å². The van der Waals surface area contributed by atoms with Crippen LogP contribution < -0.4 is 10.1 Å². The predicted molar refractivity (Wildman–Crippen MR) is 118 cm³/mol. The molecule has 0 aliphatic carbocycles. The SMILES string of the molecule is Cc1ccc(CN2C(=O)c3ccccc3NC2(C)c2ccc(OCC(=O)O)cc2)cc1. The molecule has 6 nitrogen and oxygen atoms in total. The third kappa shape index (κ3) is 4.10. The van der Waals surface area contributed by atoms with E-state index >= 15 is 0 Å². The van der Waals surface area contributed by atoms with Crippen molar-refractivity contribution in [2.24, 2.45) is 0 Å². The molecule has 158 valence electrons. The average Bonchev–Trinajstić information content (AvgIpc) is 2.77. The van der Waals surface area contributed by atoms with Gasteiger partial charge in [0.25, 0.3) is 5.91 Å². The van der Waals surface area contributed by atoms with E-state index in [0.29, 0.717) is 17.9 Å². The number of carbonyl (C=O) groups is 2. The number of para-hydroxylation sites is 1.